The van der Waals surface area contributed by atoms with Crippen molar-refractivity contribution in [1.82, 2.24) is 16.0 Å². The van der Waals surface area contributed by atoms with Gasteiger partial charge in [-0.2, -0.15) is 0 Å². The van der Waals surface area contributed by atoms with Crippen LogP contribution in [0.4, 0.5) is 0 Å². The van der Waals surface area contributed by atoms with E-state index in [-0.39, 0.29) is 30.6 Å². The Bertz CT molecular complexity index is 390. The van der Waals surface area contributed by atoms with Crippen LogP contribution in [0.2, 0.25) is 0 Å². The van der Waals surface area contributed by atoms with Crippen LogP contribution in [0.1, 0.15) is 47.0 Å². The molecule has 0 aromatic rings. The van der Waals surface area contributed by atoms with Gasteiger partial charge in [0, 0.05) is 38.0 Å². The maximum absolute atomic E-state index is 11.5. The summed E-state index contributed by atoms with van der Waals surface area (Å²) in [7, 11) is 0. The minimum absolute atomic E-state index is 0.0135. The highest BCUT2D eigenvalue weighted by atomic mass is 16.2. The SMILES string of the molecule is C/C=C(/C)NC(=O)CCC(=O)NCCNC(=O)CC(C)C. The molecule has 0 unspecified atom stereocenters. The van der Waals surface area contributed by atoms with E-state index in [1.165, 1.54) is 0 Å². The molecule has 0 bridgehead atoms. The number of rotatable bonds is 9. The molecule has 0 rings (SSSR count). The average molecular weight is 297 g/mol. The van der Waals surface area contributed by atoms with Gasteiger partial charge in [-0.05, 0) is 19.8 Å². The molecule has 0 atom stereocenters. The number of hydrogen-bond acceptors (Lipinski definition) is 3. The second-order valence-corrected chi connectivity index (χ2v) is 5.32. The Morgan fingerprint density at radius 1 is 0.952 bits per heavy atom. The summed E-state index contributed by atoms with van der Waals surface area (Å²) in [6.07, 6.45) is 2.57. The molecule has 6 nitrogen and oxygen atoms in total. The quantitative estimate of drug-likeness (QED) is 0.557. The normalized spacial score (nSPS) is 11.2. The van der Waals surface area contributed by atoms with Gasteiger partial charge in [0.25, 0.3) is 0 Å². The van der Waals surface area contributed by atoms with Crippen LogP contribution in [0.3, 0.4) is 0 Å². The second-order valence-electron chi connectivity index (χ2n) is 5.32. The van der Waals surface area contributed by atoms with Crippen molar-refractivity contribution in [3.63, 3.8) is 0 Å². The van der Waals surface area contributed by atoms with E-state index in [0.717, 1.165) is 5.70 Å². The molecule has 0 aromatic carbocycles. The predicted octanol–water partition coefficient (Wildman–Crippen LogP) is 1.08. The minimum atomic E-state index is -0.193. The van der Waals surface area contributed by atoms with Crippen molar-refractivity contribution in [3.8, 4) is 0 Å². The Hall–Kier alpha value is -1.85. The lowest BCUT2D eigenvalue weighted by Crippen LogP contribution is -2.35. The van der Waals surface area contributed by atoms with Crippen LogP contribution >= 0.6 is 0 Å². The third-order valence-corrected chi connectivity index (χ3v) is 2.71. The summed E-state index contributed by atoms with van der Waals surface area (Å²) in [5.74, 6) is -0.0634. The van der Waals surface area contributed by atoms with E-state index in [1.807, 2.05) is 20.8 Å². The van der Waals surface area contributed by atoms with Crippen LogP contribution in [0, 0.1) is 5.92 Å². The first-order valence-electron chi connectivity index (χ1n) is 7.31. The van der Waals surface area contributed by atoms with Gasteiger partial charge >= 0.3 is 0 Å². The van der Waals surface area contributed by atoms with Crippen molar-refractivity contribution in [2.45, 2.75) is 47.0 Å². The Balaban J connectivity index is 3.68. The first-order valence-corrected chi connectivity index (χ1v) is 7.31. The van der Waals surface area contributed by atoms with E-state index < -0.39 is 0 Å². The van der Waals surface area contributed by atoms with Crippen molar-refractivity contribution < 1.29 is 14.4 Å². The third kappa shape index (κ3) is 11.7. The molecule has 0 heterocycles. The second kappa shape index (κ2) is 10.9. The minimum Gasteiger partial charge on any atom is -0.354 e. The summed E-state index contributed by atoms with van der Waals surface area (Å²) < 4.78 is 0. The molecule has 0 radical (unpaired) electrons. The fourth-order valence-electron chi connectivity index (χ4n) is 1.52. The highest BCUT2D eigenvalue weighted by Gasteiger charge is 2.07. The van der Waals surface area contributed by atoms with Crippen molar-refractivity contribution >= 4 is 17.7 Å². The van der Waals surface area contributed by atoms with E-state index in [1.54, 1.807) is 13.0 Å². The van der Waals surface area contributed by atoms with E-state index in [2.05, 4.69) is 16.0 Å². The van der Waals surface area contributed by atoms with Gasteiger partial charge in [-0.15, -0.1) is 0 Å². The number of carbonyl (C=O) groups is 3. The smallest absolute Gasteiger partial charge is 0.224 e. The maximum atomic E-state index is 11.5. The van der Waals surface area contributed by atoms with Gasteiger partial charge < -0.3 is 16.0 Å². The predicted molar refractivity (Wildman–Crippen MR) is 82.3 cm³/mol. The first kappa shape index (κ1) is 19.1. The van der Waals surface area contributed by atoms with Gasteiger partial charge in [0.15, 0.2) is 0 Å². The molecule has 0 spiro atoms. The lowest BCUT2D eigenvalue weighted by molar-refractivity contribution is -0.126. The van der Waals surface area contributed by atoms with Crippen LogP contribution in [0.5, 0.6) is 0 Å². The van der Waals surface area contributed by atoms with Gasteiger partial charge in [-0.1, -0.05) is 19.9 Å². The van der Waals surface area contributed by atoms with E-state index in [0.29, 0.717) is 25.4 Å². The molecule has 3 amide bonds. The summed E-state index contributed by atoms with van der Waals surface area (Å²) in [5, 5.41) is 8.06. The van der Waals surface area contributed by atoms with Crippen LogP contribution in [-0.2, 0) is 14.4 Å². The molecule has 21 heavy (non-hydrogen) atoms. The molecule has 120 valence electrons. The number of amides is 3. The summed E-state index contributed by atoms with van der Waals surface area (Å²) in [5.41, 5.74) is 0.772. The summed E-state index contributed by atoms with van der Waals surface area (Å²) in [6.45, 7) is 8.34. The Morgan fingerprint density at radius 2 is 1.48 bits per heavy atom. The lowest BCUT2D eigenvalue weighted by atomic mass is 10.1. The molecule has 0 aliphatic carbocycles. The summed E-state index contributed by atoms with van der Waals surface area (Å²) in [4.78, 5) is 34.3. The Labute approximate surface area is 126 Å². The summed E-state index contributed by atoms with van der Waals surface area (Å²) >= 11 is 0. The zero-order valence-corrected chi connectivity index (χ0v) is 13.4. The van der Waals surface area contributed by atoms with Crippen LogP contribution in [0.25, 0.3) is 0 Å². The Morgan fingerprint density at radius 3 is 2.00 bits per heavy atom. The van der Waals surface area contributed by atoms with Gasteiger partial charge in [-0.25, -0.2) is 0 Å². The van der Waals surface area contributed by atoms with Crippen molar-refractivity contribution in [1.29, 1.82) is 0 Å². The molecular formula is C15H27N3O3. The molecule has 0 saturated carbocycles. The zero-order chi connectivity index (χ0) is 16.3. The van der Waals surface area contributed by atoms with E-state index in [9.17, 15) is 14.4 Å². The van der Waals surface area contributed by atoms with Crippen LogP contribution in [-0.4, -0.2) is 30.8 Å². The van der Waals surface area contributed by atoms with Crippen LogP contribution in [0.15, 0.2) is 11.8 Å². The lowest BCUT2D eigenvalue weighted by Gasteiger charge is -2.08. The molecule has 0 saturated heterocycles. The topological polar surface area (TPSA) is 87.3 Å². The van der Waals surface area contributed by atoms with Gasteiger partial charge in [0.1, 0.15) is 0 Å². The van der Waals surface area contributed by atoms with Gasteiger partial charge in [0.05, 0.1) is 0 Å². The fourth-order valence-corrected chi connectivity index (χ4v) is 1.52. The zero-order valence-electron chi connectivity index (χ0n) is 13.4. The fraction of sp³-hybridized carbons (Fsp3) is 0.667. The third-order valence-electron chi connectivity index (χ3n) is 2.71. The molecule has 0 aliphatic rings. The van der Waals surface area contributed by atoms with Crippen molar-refractivity contribution in [2.75, 3.05) is 13.1 Å². The molecule has 6 heteroatoms. The van der Waals surface area contributed by atoms with Gasteiger partial charge in [0.2, 0.25) is 17.7 Å². The van der Waals surface area contributed by atoms with Crippen LogP contribution < -0.4 is 16.0 Å². The first-order chi connectivity index (χ1) is 9.85. The monoisotopic (exact) mass is 297 g/mol. The average Bonchev–Trinajstić information content (AvgIpc) is 2.40. The Kier molecular flexibility index (Phi) is 9.92. The maximum Gasteiger partial charge on any atom is 0.224 e. The van der Waals surface area contributed by atoms with E-state index >= 15 is 0 Å². The largest absolute Gasteiger partial charge is 0.354 e. The van der Waals surface area contributed by atoms with Crippen molar-refractivity contribution in [2.24, 2.45) is 5.92 Å². The van der Waals surface area contributed by atoms with E-state index in [4.69, 9.17) is 0 Å². The van der Waals surface area contributed by atoms with Crippen molar-refractivity contribution in [3.05, 3.63) is 11.8 Å². The number of hydrogen-bond donors (Lipinski definition) is 3. The molecule has 0 aromatic heterocycles. The highest BCUT2D eigenvalue weighted by molar-refractivity contribution is 5.84. The summed E-state index contributed by atoms with van der Waals surface area (Å²) in [6, 6.07) is 0. The molecular weight excluding hydrogens is 270 g/mol. The highest BCUT2D eigenvalue weighted by Crippen LogP contribution is 1.97. The number of carbonyl (C=O) groups excluding carboxylic acids is 3. The molecule has 0 aliphatic heterocycles. The molecule has 3 N–H and O–H groups in total. The van der Waals surface area contributed by atoms with Gasteiger partial charge in [-0.3, -0.25) is 14.4 Å². The number of allylic oxidation sites excluding steroid dienone is 2. The molecule has 0 fully saturated rings. The number of nitrogens with one attached hydrogen (secondary N) is 3. The standard InChI is InChI=1S/C15H27N3O3/c1-5-12(4)18-14(20)7-6-13(19)16-8-9-17-15(21)10-11(2)3/h5,11H,6-10H2,1-4H3,(H,16,19)(H,17,21)(H,18,20)/b12-5-.